The topological polar surface area (TPSA) is 155 Å². The minimum atomic E-state index is -4.67. The number of hydrogen-bond acceptors (Lipinski definition) is 8. The maximum absolute atomic E-state index is 14.2. The number of nitrogens with one attached hydrogen (secondary N) is 3. The fraction of sp³-hybridized carbons (Fsp3) is 0.607. The Morgan fingerprint density at radius 1 is 1.23 bits per heavy atom. The molecule has 11 nitrogen and oxygen atoms in total. The lowest BCUT2D eigenvalue weighted by atomic mass is 9.93. The number of halogens is 3. The van der Waals surface area contributed by atoms with Gasteiger partial charge in [-0.25, -0.2) is 18.1 Å². The molecule has 1 saturated carbocycles. The molecule has 2 aliphatic heterocycles. The summed E-state index contributed by atoms with van der Waals surface area (Å²) in [5.41, 5.74) is -1.70. The van der Waals surface area contributed by atoms with Gasteiger partial charge in [0.15, 0.2) is 5.01 Å². The standard InChI is InChI=1S/C28H34F3N5O6S2/c1-13(2)20(35-44(4,41)42)26(40)36-12-15-19(27(15,3)28(29,30)31)21(36)24(39)33-17(11-14-9-10-32-23(14)38)22(37)25-34-16-7-5-6-8-18(16)43-25/h5-8,13-15,17,19-21,35H,9-12H2,1-4H3,(H,32,38)(H,33,39)/t14-,15?,17-,19?,20-,21-,27?/m0/s1. The summed E-state index contributed by atoms with van der Waals surface area (Å²) in [6.45, 7) is 4.12. The summed E-state index contributed by atoms with van der Waals surface area (Å²) in [5.74, 6) is -6.31. The van der Waals surface area contributed by atoms with Gasteiger partial charge in [-0.15, -0.1) is 11.3 Å². The molecule has 1 aromatic carbocycles. The summed E-state index contributed by atoms with van der Waals surface area (Å²) in [7, 11) is -3.89. The average molecular weight is 658 g/mol. The largest absolute Gasteiger partial charge is 0.394 e. The molecule has 3 heterocycles. The number of ketones is 1. The van der Waals surface area contributed by atoms with Crippen molar-refractivity contribution in [2.24, 2.45) is 29.1 Å². The maximum Gasteiger partial charge on any atom is 0.394 e. The second-order valence-corrected chi connectivity index (χ2v) is 15.2. The molecule has 2 aromatic rings. The van der Waals surface area contributed by atoms with Gasteiger partial charge < -0.3 is 15.5 Å². The van der Waals surface area contributed by atoms with Crippen molar-refractivity contribution in [1.29, 1.82) is 0 Å². The van der Waals surface area contributed by atoms with Crippen LogP contribution in [0.1, 0.15) is 43.4 Å². The van der Waals surface area contributed by atoms with E-state index < -0.39 is 87.6 Å². The van der Waals surface area contributed by atoms with E-state index in [2.05, 4.69) is 20.3 Å². The summed E-state index contributed by atoms with van der Waals surface area (Å²) in [6, 6.07) is 2.75. The van der Waals surface area contributed by atoms with E-state index in [4.69, 9.17) is 0 Å². The zero-order chi connectivity index (χ0) is 32.4. The van der Waals surface area contributed by atoms with Gasteiger partial charge in [0.1, 0.15) is 12.1 Å². The first-order valence-corrected chi connectivity index (χ1v) is 17.0. The minimum absolute atomic E-state index is 0.0657. The number of amides is 3. The van der Waals surface area contributed by atoms with Crippen LogP contribution in [0, 0.1) is 29.1 Å². The van der Waals surface area contributed by atoms with Crippen molar-refractivity contribution in [3.05, 3.63) is 29.3 Å². The Kier molecular flexibility index (Phi) is 8.33. The van der Waals surface area contributed by atoms with Gasteiger partial charge in [-0.05, 0) is 36.8 Å². The molecule has 1 aliphatic carbocycles. The van der Waals surface area contributed by atoms with Crippen LogP contribution in [-0.2, 0) is 24.4 Å². The van der Waals surface area contributed by atoms with Crippen LogP contribution in [0.2, 0.25) is 0 Å². The third-order valence-corrected chi connectivity index (χ3v) is 10.8. The number of alkyl halides is 3. The van der Waals surface area contributed by atoms with E-state index in [1.165, 1.54) is 0 Å². The van der Waals surface area contributed by atoms with Gasteiger partial charge in [-0.2, -0.15) is 13.2 Å². The zero-order valence-electron chi connectivity index (χ0n) is 24.5. The highest BCUT2D eigenvalue weighted by Crippen LogP contribution is 2.71. The highest BCUT2D eigenvalue weighted by atomic mass is 32.2. The first kappa shape index (κ1) is 32.3. The van der Waals surface area contributed by atoms with Crippen molar-refractivity contribution in [2.75, 3.05) is 19.3 Å². The minimum Gasteiger partial charge on any atom is -0.356 e. The van der Waals surface area contributed by atoms with E-state index in [0.717, 1.165) is 29.4 Å². The lowest BCUT2D eigenvalue weighted by molar-refractivity contribution is -0.197. The Hall–Kier alpha value is -3.11. The summed E-state index contributed by atoms with van der Waals surface area (Å²) in [4.78, 5) is 59.2. The molecule has 0 spiro atoms. The van der Waals surface area contributed by atoms with Gasteiger partial charge >= 0.3 is 6.18 Å². The Labute approximate surface area is 256 Å². The maximum atomic E-state index is 14.2. The molecule has 7 atom stereocenters. The number of carbonyl (C=O) groups excluding carboxylic acids is 4. The lowest BCUT2D eigenvalue weighted by Crippen LogP contribution is -2.59. The Morgan fingerprint density at radius 3 is 2.48 bits per heavy atom. The van der Waals surface area contributed by atoms with Gasteiger partial charge in [0.2, 0.25) is 33.5 Å². The van der Waals surface area contributed by atoms with Crippen molar-refractivity contribution in [3.8, 4) is 0 Å². The van der Waals surface area contributed by atoms with Crippen molar-refractivity contribution in [2.45, 2.75) is 57.9 Å². The van der Waals surface area contributed by atoms with Gasteiger partial charge in [0, 0.05) is 24.9 Å². The number of para-hydroxylation sites is 1. The van der Waals surface area contributed by atoms with E-state index in [0.29, 0.717) is 23.2 Å². The van der Waals surface area contributed by atoms with Crippen molar-refractivity contribution >= 4 is 55.1 Å². The predicted octanol–water partition coefficient (Wildman–Crippen LogP) is 2.09. The average Bonchev–Trinajstić information content (AvgIpc) is 3.38. The Balaban J connectivity index is 1.47. The van der Waals surface area contributed by atoms with Gasteiger partial charge in [-0.1, -0.05) is 32.9 Å². The lowest BCUT2D eigenvalue weighted by Gasteiger charge is -2.35. The predicted molar refractivity (Wildman–Crippen MR) is 155 cm³/mol. The zero-order valence-corrected chi connectivity index (χ0v) is 26.1. The monoisotopic (exact) mass is 657 g/mol. The van der Waals surface area contributed by atoms with Crippen LogP contribution in [0.3, 0.4) is 0 Å². The third kappa shape index (κ3) is 5.83. The number of carbonyl (C=O) groups is 4. The second kappa shape index (κ2) is 11.4. The number of nitrogens with zero attached hydrogens (tertiary/aromatic N) is 2. The fourth-order valence-corrected chi connectivity index (χ4v) is 8.38. The summed E-state index contributed by atoms with van der Waals surface area (Å²) in [5, 5.41) is 5.34. The molecule has 3 N–H and O–H groups in total. The van der Waals surface area contributed by atoms with E-state index in [-0.39, 0.29) is 17.3 Å². The van der Waals surface area contributed by atoms with Crippen LogP contribution in [-0.4, -0.2) is 85.5 Å². The van der Waals surface area contributed by atoms with Crippen LogP contribution in [0.5, 0.6) is 0 Å². The molecule has 0 radical (unpaired) electrons. The van der Waals surface area contributed by atoms with E-state index in [9.17, 15) is 40.8 Å². The molecule has 5 rings (SSSR count). The molecule has 3 fully saturated rings. The van der Waals surface area contributed by atoms with Crippen molar-refractivity contribution in [3.63, 3.8) is 0 Å². The third-order valence-electron chi connectivity index (χ3n) is 9.11. The molecule has 1 aromatic heterocycles. The number of piperidine rings is 1. The SMILES string of the molecule is CC(C)[C@H](NS(C)(=O)=O)C(=O)N1CC2C([C@H]1C(=O)N[C@@H](C[C@@H]1CCNC1=O)C(=O)c1nc3ccccc3s1)C2(C)C(F)(F)F. The van der Waals surface area contributed by atoms with Gasteiger partial charge in [0.05, 0.1) is 27.9 Å². The molecular weight excluding hydrogens is 623 g/mol. The number of likely N-dealkylation sites (tertiary alicyclic amines) is 1. The summed E-state index contributed by atoms with van der Waals surface area (Å²) >= 11 is 1.09. The molecule has 3 unspecified atom stereocenters. The first-order chi connectivity index (χ1) is 20.4. The van der Waals surface area contributed by atoms with Crippen molar-refractivity contribution < 1.29 is 40.8 Å². The molecule has 44 heavy (non-hydrogen) atoms. The van der Waals surface area contributed by atoms with E-state index in [1.54, 1.807) is 38.1 Å². The summed E-state index contributed by atoms with van der Waals surface area (Å²) in [6.07, 6.45) is -3.52. The normalized spacial score (nSPS) is 28.1. The van der Waals surface area contributed by atoms with E-state index >= 15 is 0 Å². The van der Waals surface area contributed by atoms with Gasteiger partial charge in [0.25, 0.3) is 0 Å². The van der Waals surface area contributed by atoms with Crippen molar-refractivity contribution in [1.82, 2.24) is 25.2 Å². The molecule has 240 valence electrons. The highest BCUT2D eigenvalue weighted by Gasteiger charge is 2.81. The van der Waals surface area contributed by atoms with Gasteiger partial charge in [-0.3, -0.25) is 19.2 Å². The molecule has 2 saturated heterocycles. The second-order valence-electron chi connectivity index (χ2n) is 12.4. The number of rotatable bonds is 10. The number of sulfonamides is 1. The number of hydrogen-bond donors (Lipinski definition) is 3. The Morgan fingerprint density at radius 2 is 1.91 bits per heavy atom. The number of thiazole rings is 1. The van der Waals surface area contributed by atoms with Crippen LogP contribution < -0.4 is 15.4 Å². The number of aromatic nitrogens is 1. The smallest absolute Gasteiger partial charge is 0.356 e. The molecule has 3 amide bonds. The quantitative estimate of drug-likeness (QED) is 0.331. The van der Waals surface area contributed by atoms with Crippen LogP contribution in [0.4, 0.5) is 13.2 Å². The molecule has 0 bridgehead atoms. The number of fused-ring (bicyclic) bond motifs is 2. The van der Waals surface area contributed by atoms with Crippen LogP contribution >= 0.6 is 11.3 Å². The number of benzene rings is 1. The van der Waals surface area contributed by atoms with E-state index in [1.807, 2.05) is 0 Å². The number of Topliss-reactive ketones (excluding diaryl/α,β-unsaturated/α-hetero) is 1. The Bertz CT molecular complexity index is 1580. The van der Waals surface area contributed by atoms with Crippen LogP contribution in [0.25, 0.3) is 10.2 Å². The molecular formula is C28H34F3N5O6S2. The van der Waals surface area contributed by atoms with Crippen LogP contribution in [0.15, 0.2) is 24.3 Å². The fourth-order valence-electron chi connectivity index (χ4n) is 6.59. The summed E-state index contributed by atoms with van der Waals surface area (Å²) < 4.78 is 69.6. The molecule has 3 aliphatic rings. The highest BCUT2D eigenvalue weighted by molar-refractivity contribution is 7.88. The molecule has 16 heteroatoms. The first-order valence-electron chi connectivity index (χ1n) is 14.3.